The molecule has 1 fully saturated rings. The van der Waals surface area contributed by atoms with Crippen molar-refractivity contribution in [2.75, 3.05) is 13.1 Å². The van der Waals surface area contributed by atoms with Crippen LogP contribution < -0.4 is 5.32 Å². The average Bonchev–Trinajstić information content (AvgIpc) is 2.39. The van der Waals surface area contributed by atoms with Crippen LogP contribution in [0.25, 0.3) is 10.8 Å². The van der Waals surface area contributed by atoms with Gasteiger partial charge in [-0.25, -0.2) is 0 Å². The lowest BCUT2D eigenvalue weighted by Crippen LogP contribution is -2.39. The largest absolute Gasteiger partial charge is 0.391 e. The number of rotatable bonds is 1. The van der Waals surface area contributed by atoms with Crippen molar-refractivity contribution in [2.24, 2.45) is 0 Å². The number of piperidine rings is 1. The van der Waals surface area contributed by atoms with Gasteiger partial charge in [-0.2, -0.15) is 0 Å². The van der Waals surface area contributed by atoms with Crippen molar-refractivity contribution in [1.82, 2.24) is 5.32 Å². The number of hydrogen-bond donors (Lipinski definition) is 2. The molecular weight excluding hydrogens is 210 g/mol. The summed E-state index contributed by atoms with van der Waals surface area (Å²) in [6, 6.07) is 14.9. The van der Waals surface area contributed by atoms with E-state index < -0.39 is 0 Å². The smallest absolute Gasteiger partial charge is 0.0733 e. The predicted molar refractivity (Wildman–Crippen MR) is 70.2 cm³/mol. The van der Waals surface area contributed by atoms with E-state index in [0.717, 1.165) is 13.0 Å². The van der Waals surface area contributed by atoms with Crippen LogP contribution in [0.4, 0.5) is 0 Å². The summed E-state index contributed by atoms with van der Waals surface area (Å²) in [6.07, 6.45) is 0.754. The van der Waals surface area contributed by atoms with Crippen LogP contribution in [0.15, 0.2) is 42.5 Å². The lowest BCUT2D eigenvalue weighted by atomic mass is 9.87. The van der Waals surface area contributed by atoms with Gasteiger partial charge in [-0.15, -0.1) is 0 Å². The van der Waals surface area contributed by atoms with Gasteiger partial charge in [-0.1, -0.05) is 42.5 Å². The molecule has 2 aromatic rings. The van der Waals surface area contributed by atoms with E-state index in [2.05, 4.69) is 47.8 Å². The van der Waals surface area contributed by atoms with Crippen LogP contribution in [0.3, 0.4) is 0 Å². The summed E-state index contributed by atoms with van der Waals surface area (Å²) in [5.74, 6) is 0.279. The molecule has 0 radical (unpaired) electrons. The Morgan fingerprint density at radius 1 is 1.06 bits per heavy atom. The molecule has 2 N–H and O–H groups in total. The second-order valence-electron chi connectivity index (χ2n) is 4.77. The zero-order chi connectivity index (χ0) is 11.7. The van der Waals surface area contributed by atoms with E-state index in [9.17, 15) is 5.11 Å². The first-order valence-corrected chi connectivity index (χ1v) is 6.22. The Bertz CT molecular complexity index is 523. The van der Waals surface area contributed by atoms with E-state index in [4.69, 9.17) is 0 Å². The highest BCUT2D eigenvalue weighted by molar-refractivity contribution is 5.83. The van der Waals surface area contributed by atoms with Crippen molar-refractivity contribution >= 4 is 10.8 Å². The normalized spacial score (nSPS) is 25.0. The predicted octanol–water partition coefficient (Wildman–Crippen LogP) is 2.28. The molecule has 2 nitrogen and oxygen atoms in total. The molecule has 1 aliphatic heterocycles. The van der Waals surface area contributed by atoms with Crippen molar-refractivity contribution in [3.05, 3.63) is 48.0 Å². The first-order valence-electron chi connectivity index (χ1n) is 6.22. The molecule has 1 heterocycles. The van der Waals surface area contributed by atoms with E-state index in [1.165, 1.54) is 16.3 Å². The molecule has 0 amide bonds. The molecule has 3 rings (SSSR count). The van der Waals surface area contributed by atoms with Crippen LogP contribution in [-0.2, 0) is 0 Å². The van der Waals surface area contributed by atoms with Gasteiger partial charge in [-0.3, -0.25) is 0 Å². The molecule has 88 valence electrons. The number of β-amino-alcohol motifs (C(OH)–C–C–N with tert-alkyl or cyclic N) is 1. The highest BCUT2D eigenvalue weighted by Crippen LogP contribution is 2.28. The topological polar surface area (TPSA) is 32.3 Å². The number of nitrogens with one attached hydrogen (secondary N) is 1. The summed E-state index contributed by atoms with van der Waals surface area (Å²) >= 11 is 0. The summed E-state index contributed by atoms with van der Waals surface area (Å²) in [4.78, 5) is 0. The highest BCUT2D eigenvalue weighted by Gasteiger charge is 2.24. The number of aliphatic hydroxyl groups is 1. The van der Waals surface area contributed by atoms with Crippen molar-refractivity contribution in [2.45, 2.75) is 18.4 Å². The first kappa shape index (κ1) is 10.8. The Morgan fingerprint density at radius 2 is 1.88 bits per heavy atom. The van der Waals surface area contributed by atoms with E-state index in [1.807, 2.05) is 0 Å². The average molecular weight is 227 g/mol. The third-order valence-electron chi connectivity index (χ3n) is 3.65. The molecule has 0 unspecified atom stereocenters. The molecule has 0 saturated carbocycles. The number of fused-ring (bicyclic) bond motifs is 1. The van der Waals surface area contributed by atoms with Crippen LogP contribution in [-0.4, -0.2) is 24.3 Å². The molecule has 0 aliphatic carbocycles. The van der Waals surface area contributed by atoms with Gasteiger partial charge in [0, 0.05) is 12.5 Å². The Kier molecular flexibility index (Phi) is 2.83. The molecule has 0 spiro atoms. The van der Waals surface area contributed by atoms with Gasteiger partial charge in [0.05, 0.1) is 6.10 Å². The summed E-state index contributed by atoms with van der Waals surface area (Å²) in [5.41, 5.74) is 1.26. The highest BCUT2D eigenvalue weighted by atomic mass is 16.3. The minimum Gasteiger partial charge on any atom is -0.391 e. The molecule has 2 atom stereocenters. The fraction of sp³-hybridized carbons (Fsp3) is 0.333. The molecule has 0 bridgehead atoms. The van der Waals surface area contributed by atoms with E-state index in [-0.39, 0.29) is 12.0 Å². The maximum absolute atomic E-state index is 10.0. The zero-order valence-electron chi connectivity index (χ0n) is 9.76. The van der Waals surface area contributed by atoms with Gasteiger partial charge in [-0.05, 0) is 29.3 Å². The standard InChI is InChI=1S/C15H17NO/c17-15-10-16-8-7-14(15)13-6-5-11-3-1-2-4-12(11)9-13/h1-6,9,14-17H,7-8,10H2/t14-,15+/m0/s1. The van der Waals surface area contributed by atoms with Crippen LogP contribution in [0.2, 0.25) is 0 Å². The fourth-order valence-corrected chi connectivity index (χ4v) is 2.67. The second-order valence-corrected chi connectivity index (χ2v) is 4.77. The second kappa shape index (κ2) is 4.47. The van der Waals surface area contributed by atoms with E-state index in [1.54, 1.807) is 0 Å². The first-order chi connectivity index (χ1) is 8.34. The van der Waals surface area contributed by atoms with Crippen LogP contribution in [0.1, 0.15) is 17.9 Å². The third-order valence-corrected chi connectivity index (χ3v) is 3.65. The van der Waals surface area contributed by atoms with Crippen molar-refractivity contribution in [1.29, 1.82) is 0 Å². The summed E-state index contributed by atoms with van der Waals surface area (Å²) in [7, 11) is 0. The maximum Gasteiger partial charge on any atom is 0.0733 e. The fourth-order valence-electron chi connectivity index (χ4n) is 2.67. The summed E-state index contributed by atoms with van der Waals surface area (Å²) in [6.45, 7) is 1.70. The van der Waals surface area contributed by atoms with Gasteiger partial charge < -0.3 is 10.4 Å². The Hall–Kier alpha value is -1.38. The van der Waals surface area contributed by atoms with Crippen LogP contribution >= 0.6 is 0 Å². The molecule has 1 saturated heterocycles. The molecule has 0 aromatic heterocycles. The third kappa shape index (κ3) is 2.06. The molecule has 2 heteroatoms. The lowest BCUT2D eigenvalue weighted by Gasteiger charge is -2.28. The van der Waals surface area contributed by atoms with E-state index >= 15 is 0 Å². The van der Waals surface area contributed by atoms with Gasteiger partial charge in [0.25, 0.3) is 0 Å². The number of benzene rings is 2. The molecule has 2 aromatic carbocycles. The molecular formula is C15H17NO. The van der Waals surface area contributed by atoms with Crippen molar-refractivity contribution < 1.29 is 5.11 Å². The van der Waals surface area contributed by atoms with Crippen LogP contribution in [0.5, 0.6) is 0 Å². The summed E-state index contributed by atoms with van der Waals surface area (Å²) < 4.78 is 0. The van der Waals surface area contributed by atoms with Gasteiger partial charge in [0.1, 0.15) is 0 Å². The SMILES string of the molecule is O[C@@H]1CNCC[C@H]1c1ccc2ccccc2c1. The van der Waals surface area contributed by atoms with E-state index in [0.29, 0.717) is 6.54 Å². The van der Waals surface area contributed by atoms with Crippen LogP contribution in [0, 0.1) is 0 Å². The number of aliphatic hydroxyl groups excluding tert-OH is 1. The molecule has 1 aliphatic rings. The Morgan fingerprint density at radius 3 is 2.71 bits per heavy atom. The quantitative estimate of drug-likeness (QED) is 0.783. The lowest BCUT2D eigenvalue weighted by molar-refractivity contribution is 0.118. The van der Waals surface area contributed by atoms with Gasteiger partial charge >= 0.3 is 0 Å². The zero-order valence-corrected chi connectivity index (χ0v) is 9.76. The maximum atomic E-state index is 10.0. The molecule has 17 heavy (non-hydrogen) atoms. The number of hydrogen-bond acceptors (Lipinski definition) is 2. The monoisotopic (exact) mass is 227 g/mol. The minimum absolute atomic E-state index is 0.259. The summed E-state index contributed by atoms with van der Waals surface area (Å²) in [5, 5.41) is 15.8. The van der Waals surface area contributed by atoms with Gasteiger partial charge in [0.15, 0.2) is 0 Å². The van der Waals surface area contributed by atoms with Crippen molar-refractivity contribution in [3.8, 4) is 0 Å². The Balaban J connectivity index is 1.99. The van der Waals surface area contributed by atoms with Crippen molar-refractivity contribution in [3.63, 3.8) is 0 Å². The van der Waals surface area contributed by atoms with Gasteiger partial charge in [0.2, 0.25) is 0 Å². The minimum atomic E-state index is -0.259. The Labute approximate surface area is 101 Å².